The van der Waals surface area contributed by atoms with E-state index in [4.69, 9.17) is 21.1 Å². The number of methoxy groups -OCH3 is 2. The van der Waals surface area contributed by atoms with Crippen LogP contribution in [0.5, 0.6) is 5.75 Å². The zero-order valence-corrected chi connectivity index (χ0v) is 18.8. The number of nitrogens with zero attached hydrogens (tertiary/aromatic N) is 2. The highest BCUT2D eigenvalue weighted by molar-refractivity contribution is 6.31. The van der Waals surface area contributed by atoms with E-state index in [0.29, 0.717) is 35.5 Å². The summed E-state index contributed by atoms with van der Waals surface area (Å²) in [6.07, 6.45) is 1.92. The number of fused-ring (bicyclic) bond motifs is 1. The number of halogens is 2. The third kappa shape index (κ3) is 5.42. The molecule has 0 spiro atoms. The Morgan fingerprint density at radius 3 is 2.78 bits per heavy atom. The molecule has 8 nitrogen and oxygen atoms in total. The summed E-state index contributed by atoms with van der Waals surface area (Å²) in [6.45, 7) is 0.688. The van der Waals surface area contributed by atoms with Gasteiger partial charge in [-0.05, 0) is 31.7 Å². The Bertz CT molecular complexity index is 1100. The Hall–Kier alpha value is -3.01. The number of carbonyl (C=O) groups excluding carboxylic acids is 1. The lowest BCUT2D eigenvalue weighted by molar-refractivity contribution is -0.123. The van der Waals surface area contributed by atoms with Crippen molar-refractivity contribution in [2.75, 3.05) is 33.2 Å². The Morgan fingerprint density at radius 2 is 2.06 bits per heavy atom. The number of hydrogen-bond acceptors (Lipinski definition) is 7. The van der Waals surface area contributed by atoms with Gasteiger partial charge in [0.1, 0.15) is 17.9 Å². The van der Waals surface area contributed by atoms with Crippen LogP contribution in [0.25, 0.3) is 10.9 Å². The van der Waals surface area contributed by atoms with Crippen molar-refractivity contribution in [1.82, 2.24) is 20.6 Å². The number of rotatable bonds is 10. The van der Waals surface area contributed by atoms with Crippen molar-refractivity contribution < 1.29 is 18.7 Å². The lowest BCUT2D eigenvalue weighted by Crippen LogP contribution is -2.43. The summed E-state index contributed by atoms with van der Waals surface area (Å²) in [4.78, 5) is 21.1. The smallest absolute Gasteiger partial charge is 0.237 e. The molecule has 170 valence electrons. The van der Waals surface area contributed by atoms with Gasteiger partial charge in [0.05, 0.1) is 29.4 Å². The molecule has 2 aromatic carbocycles. The second-order valence-electron chi connectivity index (χ2n) is 6.97. The third-order valence-electron chi connectivity index (χ3n) is 4.97. The van der Waals surface area contributed by atoms with Gasteiger partial charge in [0.2, 0.25) is 5.91 Å². The van der Waals surface area contributed by atoms with Crippen LogP contribution in [0.1, 0.15) is 12.0 Å². The molecule has 0 aliphatic carbocycles. The molecule has 1 atom stereocenters. The van der Waals surface area contributed by atoms with Crippen LogP contribution in [0.4, 0.5) is 15.9 Å². The van der Waals surface area contributed by atoms with Crippen LogP contribution < -0.4 is 20.7 Å². The molecule has 3 N–H and O–H groups in total. The lowest BCUT2D eigenvalue weighted by Gasteiger charge is -2.17. The molecule has 1 aromatic heterocycles. The van der Waals surface area contributed by atoms with Gasteiger partial charge in [0.15, 0.2) is 5.82 Å². The fourth-order valence-corrected chi connectivity index (χ4v) is 3.41. The second-order valence-corrected chi connectivity index (χ2v) is 7.38. The summed E-state index contributed by atoms with van der Waals surface area (Å²) >= 11 is 5.89. The van der Waals surface area contributed by atoms with E-state index >= 15 is 0 Å². The molecular formula is C22H25ClFN5O3. The molecule has 3 rings (SSSR count). The Labute approximate surface area is 190 Å². The minimum atomic E-state index is -0.573. The first kappa shape index (κ1) is 23.6. The van der Waals surface area contributed by atoms with E-state index < -0.39 is 5.82 Å². The van der Waals surface area contributed by atoms with Crippen molar-refractivity contribution in [2.45, 2.75) is 19.0 Å². The molecule has 0 unspecified atom stereocenters. The van der Waals surface area contributed by atoms with Crippen molar-refractivity contribution in [1.29, 1.82) is 0 Å². The molecule has 3 aromatic rings. The van der Waals surface area contributed by atoms with Crippen LogP contribution in [0.2, 0.25) is 5.02 Å². The first-order chi connectivity index (χ1) is 15.5. The Morgan fingerprint density at radius 1 is 1.25 bits per heavy atom. The van der Waals surface area contributed by atoms with Crippen LogP contribution in [-0.2, 0) is 16.1 Å². The number of aromatic nitrogens is 2. The summed E-state index contributed by atoms with van der Waals surface area (Å²) in [5.41, 5.74) is 1.52. The Kier molecular flexibility index (Phi) is 8.15. The number of ether oxygens (including phenoxy) is 2. The topological polar surface area (TPSA) is 97.4 Å². The highest BCUT2D eigenvalue weighted by Gasteiger charge is 2.17. The van der Waals surface area contributed by atoms with Gasteiger partial charge in [0, 0.05) is 37.3 Å². The van der Waals surface area contributed by atoms with Crippen LogP contribution in [0, 0.1) is 5.82 Å². The summed E-state index contributed by atoms with van der Waals surface area (Å²) in [7, 11) is 4.86. The first-order valence-electron chi connectivity index (χ1n) is 9.95. The van der Waals surface area contributed by atoms with E-state index in [1.54, 1.807) is 39.5 Å². The zero-order valence-electron chi connectivity index (χ0n) is 18.0. The molecule has 10 heteroatoms. The van der Waals surface area contributed by atoms with Gasteiger partial charge in [-0.3, -0.25) is 4.79 Å². The molecule has 1 heterocycles. The fraction of sp³-hybridized carbons (Fsp3) is 0.318. The molecule has 0 fully saturated rings. The quantitative estimate of drug-likeness (QED) is 0.425. The molecule has 0 aliphatic heterocycles. The summed E-state index contributed by atoms with van der Waals surface area (Å²) in [6, 6.07) is 7.85. The monoisotopic (exact) mass is 461 g/mol. The molecule has 32 heavy (non-hydrogen) atoms. The highest BCUT2D eigenvalue weighted by Crippen LogP contribution is 2.31. The van der Waals surface area contributed by atoms with Gasteiger partial charge in [0.25, 0.3) is 0 Å². The van der Waals surface area contributed by atoms with Crippen molar-refractivity contribution in [3.05, 3.63) is 53.1 Å². The minimum Gasteiger partial charge on any atom is -0.496 e. The molecule has 1 amide bonds. The van der Waals surface area contributed by atoms with E-state index in [1.165, 1.54) is 12.4 Å². The number of anilines is 2. The second kappa shape index (κ2) is 11.0. The van der Waals surface area contributed by atoms with Crippen LogP contribution in [0.15, 0.2) is 36.7 Å². The van der Waals surface area contributed by atoms with Crippen molar-refractivity contribution in [3.63, 3.8) is 0 Å². The number of likely N-dealkylation sites (N-methyl/N-ethyl adjacent to an activating group) is 1. The molecule has 0 radical (unpaired) electrons. The molecular weight excluding hydrogens is 437 g/mol. The van der Waals surface area contributed by atoms with Crippen molar-refractivity contribution in [2.24, 2.45) is 0 Å². The largest absolute Gasteiger partial charge is 0.496 e. The SMILES string of the molecule is CN[C@@H](CCOC)C(=O)NCc1cc2c(Nc3cccc(Cl)c3F)ncnc2cc1OC. The number of hydrogen-bond donors (Lipinski definition) is 3. The van der Waals surface area contributed by atoms with Gasteiger partial charge in [-0.2, -0.15) is 0 Å². The van der Waals surface area contributed by atoms with Gasteiger partial charge in [-0.25, -0.2) is 14.4 Å². The number of nitrogens with one attached hydrogen (secondary N) is 3. The van der Waals surface area contributed by atoms with Gasteiger partial charge >= 0.3 is 0 Å². The van der Waals surface area contributed by atoms with E-state index in [9.17, 15) is 9.18 Å². The summed E-state index contributed by atoms with van der Waals surface area (Å²) < 4.78 is 24.9. The normalized spacial score (nSPS) is 11.9. The van der Waals surface area contributed by atoms with Crippen molar-refractivity contribution in [3.8, 4) is 5.75 Å². The summed E-state index contributed by atoms with van der Waals surface area (Å²) in [5, 5.41) is 9.51. The maximum atomic E-state index is 14.4. The van der Waals surface area contributed by atoms with Gasteiger partial charge in [-0.1, -0.05) is 17.7 Å². The zero-order chi connectivity index (χ0) is 23.1. The average Bonchev–Trinajstić information content (AvgIpc) is 2.80. The standard InChI is InChI=1S/C22H25ClFN5O3/c1-25-17(7-8-31-2)22(30)26-11-13-9-14-18(10-19(13)32-3)27-12-28-21(14)29-16-6-4-5-15(23)20(16)24/h4-6,9-10,12,17,25H,7-8,11H2,1-3H3,(H,26,30)(H,27,28,29)/t17-/m0/s1. The maximum absolute atomic E-state index is 14.4. The number of carbonyl (C=O) groups is 1. The minimum absolute atomic E-state index is 0.00555. The van der Waals surface area contributed by atoms with Crippen LogP contribution in [-0.4, -0.2) is 49.8 Å². The van der Waals surface area contributed by atoms with E-state index in [2.05, 4.69) is 25.9 Å². The predicted octanol–water partition coefficient (Wildman–Crippen LogP) is 3.42. The average molecular weight is 462 g/mol. The van der Waals surface area contributed by atoms with Crippen LogP contribution >= 0.6 is 11.6 Å². The highest BCUT2D eigenvalue weighted by atomic mass is 35.5. The maximum Gasteiger partial charge on any atom is 0.237 e. The number of amides is 1. The lowest BCUT2D eigenvalue weighted by atomic mass is 10.1. The molecule has 0 saturated heterocycles. The van der Waals surface area contributed by atoms with E-state index in [0.717, 1.165) is 5.56 Å². The molecule has 0 bridgehead atoms. The van der Waals surface area contributed by atoms with Crippen LogP contribution in [0.3, 0.4) is 0 Å². The molecule has 0 aliphatic rings. The fourth-order valence-electron chi connectivity index (χ4n) is 3.23. The Balaban J connectivity index is 1.89. The van der Waals surface area contributed by atoms with E-state index in [-0.39, 0.29) is 29.2 Å². The number of benzene rings is 2. The first-order valence-corrected chi connectivity index (χ1v) is 10.3. The summed E-state index contributed by atoms with van der Waals surface area (Å²) in [5.74, 6) is 0.236. The van der Waals surface area contributed by atoms with Gasteiger partial charge in [-0.15, -0.1) is 0 Å². The predicted molar refractivity (Wildman–Crippen MR) is 122 cm³/mol. The molecule has 0 saturated carbocycles. The third-order valence-corrected chi connectivity index (χ3v) is 5.26. The van der Waals surface area contributed by atoms with E-state index in [1.807, 2.05) is 6.07 Å². The van der Waals surface area contributed by atoms with Gasteiger partial charge < -0.3 is 25.4 Å². The van der Waals surface area contributed by atoms with Crippen molar-refractivity contribution >= 4 is 39.9 Å².